The molecule has 1 saturated heterocycles. The van der Waals surface area contributed by atoms with Gasteiger partial charge >= 0.3 is 0 Å². The lowest BCUT2D eigenvalue weighted by atomic mass is 9.93. The minimum Gasteiger partial charge on any atom is -0.319 e. The summed E-state index contributed by atoms with van der Waals surface area (Å²) in [6.45, 7) is 0.309. The molecule has 1 N–H and O–H groups in total. The number of benzene rings is 1. The predicted molar refractivity (Wildman–Crippen MR) is 77.6 cm³/mol. The molecule has 1 heterocycles. The Kier molecular flexibility index (Phi) is 3.88. The van der Waals surface area contributed by atoms with Crippen LogP contribution in [0, 0.1) is 10.1 Å². The zero-order valence-corrected chi connectivity index (χ0v) is 11.8. The fraction of sp³-hybridized carbons (Fsp3) is 0.533. The van der Waals surface area contributed by atoms with E-state index in [0.29, 0.717) is 6.54 Å². The van der Waals surface area contributed by atoms with Gasteiger partial charge in [0.25, 0.3) is 5.69 Å². The quantitative estimate of drug-likeness (QED) is 0.684. The number of carbonyl (C=O) groups is 1. The fourth-order valence-corrected chi connectivity index (χ4v) is 3.38. The Morgan fingerprint density at radius 2 is 2.00 bits per heavy atom. The summed E-state index contributed by atoms with van der Waals surface area (Å²) in [5, 5.41) is 14.1. The van der Waals surface area contributed by atoms with Crippen LogP contribution in [0.2, 0.25) is 0 Å². The number of nitro groups is 1. The second kappa shape index (κ2) is 5.81. The molecule has 6 nitrogen and oxygen atoms in total. The van der Waals surface area contributed by atoms with Crippen molar-refractivity contribution in [3.63, 3.8) is 0 Å². The van der Waals surface area contributed by atoms with Crippen molar-refractivity contribution >= 4 is 11.6 Å². The number of nitrogens with zero attached hydrogens (tertiary/aromatic N) is 2. The maximum atomic E-state index is 12.2. The molecule has 2 fully saturated rings. The third kappa shape index (κ3) is 2.76. The molecule has 0 radical (unpaired) electrons. The van der Waals surface area contributed by atoms with Gasteiger partial charge in [0.15, 0.2) is 0 Å². The molecular formula is C15H19N3O3. The topological polar surface area (TPSA) is 75.5 Å². The second-order valence-corrected chi connectivity index (χ2v) is 5.73. The van der Waals surface area contributed by atoms with Crippen LogP contribution in [0.1, 0.15) is 43.8 Å². The van der Waals surface area contributed by atoms with Crippen LogP contribution in [-0.2, 0) is 4.79 Å². The Balaban J connectivity index is 1.87. The molecule has 0 spiro atoms. The first-order valence-corrected chi connectivity index (χ1v) is 7.46. The van der Waals surface area contributed by atoms with E-state index in [1.807, 2.05) is 11.0 Å². The highest BCUT2D eigenvalue weighted by Gasteiger charge is 2.37. The smallest absolute Gasteiger partial charge is 0.269 e. The van der Waals surface area contributed by atoms with Crippen LogP contribution in [0.5, 0.6) is 0 Å². The van der Waals surface area contributed by atoms with Gasteiger partial charge in [-0.2, -0.15) is 0 Å². The van der Waals surface area contributed by atoms with E-state index in [-0.39, 0.29) is 23.8 Å². The van der Waals surface area contributed by atoms with Crippen molar-refractivity contribution in [2.75, 3.05) is 6.54 Å². The summed E-state index contributed by atoms with van der Waals surface area (Å²) in [5.74, 6) is 0.0957. The van der Waals surface area contributed by atoms with E-state index in [1.165, 1.54) is 12.5 Å². The maximum Gasteiger partial charge on any atom is 0.269 e. The number of nitrogens with one attached hydrogen (secondary N) is 1. The van der Waals surface area contributed by atoms with Crippen LogP contribution in [0.15, 0.2) is 24.3 Å². The van der Waals surface area contributed by atoms with E-state index in [0.717, 1.165) is 31.2 Å². The predicted octanol–water partition coefficient (Wildman–Crippen LogP) is 2.36. The lowest BCUT2D eigenvalue weighted by Gasteiger charge is -2.35. The molecule has 21 heavy (non-hydrogen) atoms. The number of amides is 1. The van der Waals surface area contributed by atoms with Crippen molar-refractivity contribution < 1.29 is 9.72 Å². The molecule has 1 atom stereocenters. The summed E-state index contributed by atoms with van der Waals surface area (Å²) in [7, 11) is 0. The lowest BCUT2D eigenvalue weighted by Crippen LogP contribution is -2.40. The number of nitro benzene ring substituents is 1. The van der Waals surface area contributed by atoms with Crippen LogP contribution in [0.4, 0.5) is 5.69 Å². The summed E-state index contributed by atoms with van der Waals surface area (Å²) in [4.78, 5) is 24.6. The van der Waals surface area contributed by atoms with Crippen LogP contribution < -0.4 is 5.32 Å². The van der Waals surface area contributed by atoms with E-state index in [4.69, 9.17) is 0 Å². The van der Waals surface area contributed by atoms with Crippen LogP contribution >= 0.6 is 0 Å². The van der Waals surface area contributed by atoms with Crippen molar-refractivity contribution in [2.45, 2.75) is 44.3 Å². The number of rotatable bonds is 3. The van der Waals surface area contributed by atoms with E-state index < -0.39 is 4.92 Å². The van der Waals surface area contributed by atoms with Gasteiger partial charge in [0.1, 0.15) is 6.17 Å². The number of carbonyl (C=O) groups excluding carboxylic acids is 1. The molecule has 0 aromatic heterocycles. The lowest BCUT2D eigenvalue weighted by molar-refractivity contribution is -0.385. The molecule has 0 bridgehead atoms. The normalized spacial score (nSPS) is 23.5. The highest BCUT2D eigenvalue weighted by atomic mass is 16.6. The molecular weight excluding hydrogens is 270 g/mol. The third-order valence-corrected chi connectivity index (χ3v) is 4.38. The van der Waals surface area contributed by atoms with Gasteiger partial charge in [0.2, 0.25) is 5.91 Å². The molecule has 2 aliphatic rings. The summed E-state index contributed by atoms with van der Waals surface area (Å²) in [6, 6.07) is 6.82. The van der Waals surface area contributed by atoms with Crippen LogP contribution in [-0.4, -0.2) is 28.3 Å². The molecule has 1 amide bonds. The van der Waals surface area contributed by atoms with Gasteiger partial charge < -0.3 is 4.90 Å². The fourth-order valence-electron chi connectivity index (χ4n) is 3.38. The zero-order chi connectivity index (χ0) is 14.8. The molecule has 112 valence electrons. The monoisotopic (exact) mass is 289 g/mol. The molecule has 6 heteroatoms. The largest absolute Gasteiger partial charge is 0.319 e. The van der Waals surface area contributed by atoms with Crippen molar-refractivity contribution in [1.82, 2.24) is 10.2 Å². The van der Waals surface area contributed by atoms with Crippen molar-refractivity contribution in [2.24, 2.45) is 0 Å². The maximum absolute atomic E-state index is 12.2. The van der Waals surface area contributed by atoms with Crippen LogP contribution in [0.3, 0.4) is 0 Å². The molecule has 1 aliphatic heterocycles. The Labute approximate surface area is 123 Å². The zero-order valence-electron chi connectivity index (χ0n) is 11.8. The Hall–Kier alpha value is -1.95. The average Bonchev–Trinajstić information content (AvgIpc) is 2.90. The first-order valence-electron chi connectivity index (χ1n) is 7.46. The van der Waals surface area contributed by atoms with Gasteiger partial charge in [0.05, 0.1) is 11.5 Å². The van der Waals surface area contributed by atoms with Gasteiger partial charge in [-0.1, -0.05) is 31.4 Å². The second-order valence-electron chi connectivity index (χ2n) is 5.73. The number of hydrogen-bond acceptors (Lipinski definition) is 4. The number of hydrogen-bond donors (Lipinski definition) is 1. The van der Waals surface area contributed by atoms with Gasteiger partial charge in [-0.05, 0) is 18.4 Å². The summed E-state index contributed by atoms with van der Waals surface area (Å²) in [5.41, 5.74) is 0.859. The minimum atomic E-state index is -0.398. The standard InChI is InChI=1S/C15H19N3O3/c19-14-10-16-15(17(14)12-6-2-1-3-7-12)11-5-4-8-13(9-11)18(20)21/h4-5,8-9,12,15-16H,1-3,6-7,10H2. The summed E-state index contributed by atoms with van der Waals surface area (Å²) >= 11 is 0. The molecule has 1 aromatic rings. The molecule has 1 aliphatic carbocycles. The molecule has 1 saturated carbocycles. The van der Waals surface area contributed by atoms with E-state index >= 15 is 0 Å². The summed E-state index contributed by atoms with van der Waals surface area (Å²) < 4.78 is 0. The van der Waals surface area contributed by atoms with Crippen LogP contribution in [0.25, 0.3) is 0 Å². The Morgan fingerprint density at radius 1 is 1.24 bits per heavy atom. The van der Waals surface area contributed by atoms with Crippen molar-refractivity contribution in [3.8, 4) is 0 Å². The van der Waals surface area contributed by atoms with E-state index in [1.54, 1.807) is 12.1 Å². The third-order valence-electron chi connectivity index (χ3n) is 4.38. The molecule has 1 unspecified atom stereocenters. The number of non-ortho nitro benzene ring substituents is 1. The summed E-state index contributed by atoms with van der Waals surface area (Å²) in [6.07, 6.45) is 5.35. The van der Waals surface area contributed by atoms with Gasteiger partial charge in [-0.15, -0.1) is 0 Å². The Bertz CT molecular complexity index is 555. The first kappa shape index (κ1) is 14.0. The van der Waals surface area contributed by atoms with E-state index in [9.17, 15) is 14.9 Å². The Morgan fingerprint density at radius 3 is 2.71 bits per heavy atom. The van der Waals surface area contributed by atoms with Gasteiger partial charge in [0, 0.05) is 18.2 Å². The van der Waals surface area contributed by atoms with E-state index in [2.05, 4.69) is 5.32 Å². The van der Waals surface area contributed by atoms with Gasteiger partial charge in [-0.25, -0.2) is 0 Å². The van der Waals surface area contributed by atoms with Gasteiger partial charge in [-0.3, -0.25) is 20.2 Å². The highest BCUT2D eigenvalue weighted by molar-refractivity contribution is 5.81. The minimum absolute atomic E-state index is 0.0669. The highest BCUT2D eigenvalue weighted by Crippen LogP contribution is 2.32. The van der Waals surface area contributed by atoms with Crippen molar-refractivity contribution in [1.29, 1.82) is 0 Å². The average molecular weight is 289 g/mol. The first-order chi connectivity index (χ1) is 10.2. The van der Waals surface area contributed by atoms with Crippen molar-refractivity contribution in [3.05, 3.63) is 39.9 Å². The molecule has 1 aromatic carbocycles. The molecule has 3 rings (SSSR count). The SMILES string of the molecule is O=C1CNC(c2cccc([N+](=O)[O-])c2)N1C1CCCCC1.